The molecular formula is C24H28N2O3. The smallest absolute Gasteiger partial charge is 0.251 e. The van der Waals surface area contributed by atoms with Crippen LogP contribution in [0, 0.1) is 0 Å². The van der Waals surface area contributed by atoms with Crippen LogP contribution >= 0.6 is 0 Å². The Balaban J connectivity index is 1.46. The first kappa shape index (κ1) is 20.8. The lowest BCUT2D eigenvalue weighted by atomic mass is 10.1. The number of aromatic nitrogens is 1. The van der Waals surface area contributed by atoms with Crippen molar-refractivity contribution in [3.05, 3.63) is 71.9 Å². The lowest BCUT2D eigenvalue weighted by Gasteiger charge is -2.09. The Labute approximate surface area is 172 Å². The molecule has 0 bridgehead atoms. The van der Waals surface area contributed by atoms with E-state index in [0.29, 0.717) is 18.7 Å². The molecule has 0 aliphatic heterocycles. The van der Waals surface area contributed by atoms with Gasteiger partial charge in [-0.3, -0.25) is 9.78 Å². The summed E-state index contributed by atoms with van der Waals surface area (Å²) in [6, 6.07) is 17.2. The Bertz CT molecular complexity index is 927. The number of benzene rings is 2. The highest BCUT2D eigenvalue weighted by atomic mass is 16.5. The van der Waals surface area contributed by atoms with E-state index in [9.17, 15) is 4.79 Å². The van der Waals surface area contributed by atoms with E-state index in [1.807, 2.05) is 48.5 Å². The molecule has 0 unspecified atom stereocenters. The lowest BCUT2D eigenvalue weighted by molar-refractivity contribution is 0.0951. The SMILES string of the molecule is COCCCCCCOc1cccc(CNC(=O)c2ccc3ncccc3c2)c1. The van der Waals surface area contributed by atoms with Crippen LogP contribution in [-0.4, -0.2) is 31.2 Å². The van der Waals surface area contributed by atoms with Crippen LogP contribution in [0.1, 0.15) is 41.6 Å². The van der Waals surface area contributed by atoms with Crippen molar-refractivity contribution in [2.75, 3.05) is 20.3 Å². The molecule has 1 amide bonds. The van der Waals surface area contributed by atoms with Gasteiger partial charge in [0.2, 0.25) is 0 Å². The first-order valence-electron chi connectivity index (χ1n) is 10.1. The topological polar surface area (TPSA) is 60.5 Å². The number of pyridine rings is 1. The first-order valence-corrected chi connectivity index (χ1v) is 10.1. The van der Waals surface area contributed by atoms with Crippen molar-refractivity contribution in [1.29, 1.82) is 0 Å². The largest absolute Gasteiger partial charge is 0.494 e. The monoisotopic (exact) mass is 392 g/mol. The van der Waals surface area contributed by atoms with Crippen LogP contribution in [0.15, 0.2) is 60.8 Å². The minimum Gasteiger partial charge on any atom is -0.494 e. The molecule has 0 aliphatic carbocycles. The van der Waals surface area contributed by atoms with Gasteiger partial charge in [-0.25, -0.2) is 0 Å². The lowest BCUT2D eigenvalue weighted by Crippen LogP contribution is -2.22. The number of rotatable bonds is 11. The fraction of sp³-hybridized carbons (Fsp3) is 0.333. The predicted octanol–water partition coefficient (Wildman–Crippen LogP) is 4.75. The summed E-state index contributed by atoms with van der Waals surface area (Å²) in [5.74, 6) is 0.739. The highest BCUT2D eigenvalue weighted by Crippen LogP contribution is 2.16. The molecule has 5 heteroatoms. The summed E-state index contributed by atoms with van der Waals surface area (Å²) < 4.78 is 10.9. The fourth-order valence-corrected chi connectivity index (χ4v) is 3.14. The predicted molar refractivity (Wildman–Crippen MR) is 115 cm³/mol. The van der Waals surface area contributed by atoms with Crippen molar-refractivity contribution in [2.45, 2.75) is 32.2 Å². The third-order valence-electron chi connectivity index (χ3n) is 4.73. The van der Waals surface area contributed by atoms with Gasteiger partial charge in [0.25, 0.3) is 5.91 Å². The Kier molecular flexibility index (Phi) is 8.01. The number of methoxy groups -OCH3 is 1. The van der Waals surface area contributed by atoms with E-state index < -0.39 is 0 Å². The molecule has 2 aromatic carbocycles. The molecule has 29 heavy (non-hydrogen) atoms. The van der Waals surface area contributed by atoms with Crippen molar-refractivity contribution in [1.82, 2.24) is 10.3 Å². The molecule has 5 nitrogen and oxygen atoms in total. The number of ether oxygens (including phenoxy) is 2. The average molecular weight is 392 g/mol. The van der Waals surface area contributed by atoms with Crippen molar-refractivity contribution in [3.8, 4) is 5.75 Å². The molecular weight excluding hydrogens is 364 g/mol. The van der Waals surface area contributed by atoms with Crippen LogP contribution in [0.5, 0.6) is 5.75 Å². The third-order valence-corrected chi connectivity index (χ3v) is 4.73. The molecule has 1 aromatic heterocycles. The van der Waals surface area contributed by atoms with E-state index >= 15 is 0 Å². The van der Waals surface area contributed by atoms with E-state index in [0.717, 1.165) is 54.5 Å². The maximum absolute atomic E-state index is 12.5. The van der Waals surface area contributed by atoms with Gasteiger partial charge in [-0.1, -0.05) is 24.6 Å². The highest BCUT2D eigenvalue weighted by molar-refractivity contribution is 5.97. The normalized spacial score (nSPS) is 10.8. The zero-order valence-electron chi connectivity index (χ0n) is 16.9. The van der Waals surface area contributed by atoms with E-state index in [1.54, 1.807) is 19.4 Å². The van der Waals surface area contributed by atoms with Crippen molar-refractivity contribution < 1.29 is 14.3 Å². The molecule has 0 radical (unpaired) electrons. The molecule has 3 rings (SSSR count). The van der Waals surface area contributed by atoms with Crippen LogP contribution in [0.25, 0.3) is 10.9 Å². The van der Waals surface area contributed by atoms with E-state index in [-0.39, 0.29) is 5.91 Å². The van der Waals surface area contributed by atoms with Crippen LogP contribution in [0.4, 0.5) is 0 Å². The van der Waals surface area contributed by atoms with Crippen molar-refractivity contribution in [2.24, 2.45) is 0 Å². The summed E-state index contributed by atoms with van der Waals surface area (Å²) in [6.07, 6.45) is 6.17. The Morgan fingerprint density at radius 2 is 1.83 bits per heavy atom. The minimum atomic E-state index is -0.0990. The van der Waals surface area contributed by atoms with Gasteiger partial charge >= 0.3 is 0 Å². The van der Waals surface area contributed by atoms with Crippen LogP contribution in [-0.2, 0) is 11.3 Å². The number of nitrogens with one attached hydrogen (secondary N) is 1. The summed E-state index contributed by atoms with van der Waals surface area (Å²) in [6.45, 7) is 1.98. The summed E-state index contributed by atoms with van der Waals surface area (Å²) in [4.78, 5) is 16.8. The standard InChI is InChI=1S/C24H28N2O3/c1-28-14-4-2-3-5-15-29-22-10-6-8-19(16-22)18-26-24(27)21-11-12-23-20(17-21)9-7-13-25-23/h6-13,16-17H,2-5,14-15,18H2,1H3,(H,26,27). The highest BCUT2D eigenvalue weighted by Gasteiger charge is 2.07. The molecule has 0 saturated carbocycles. The molecule has 152 valence electrons. The summed E-state index contributed by atoms with van der Waals surface area (Å²) in [7, 11) is 1.73. The number of carbonyl (C=O) groups excluding carboxylic acids is 1. The Morgan fingerprint density at radius 1 is 0.966 bits per heavy atom. The Morgan fingerprint density at radius 3 is 2.69 bits per heavy atom. The fourth-order valence-electron chi connectivity index (χ4n) is 3.14. The zero-order valence-corrected chi connectivity index (χ0v) is 16.9. The van der Waals surface area contributed by atoms with E-state index in [4.69, 9.17) is 9.47 Å². The van der Waals surface area contributed by atoms with E-state index in [2.05, 4.69) is 10.3 Å². The van der Waals surface area contributed by atoms with Gasteiger partial charge in [0.15, 0.2) is 0 Å². The van der Waals surface area contributed by atoms with Gasteiger partial charge in [-0.2, -0.15) is 0 Å². The summed E-state index contributed by atoms with van der Waals surface area (Å²) >= 11 is 0. The maximum Gasteiger partial charge on any atom is 0.251 e. The van der Waals surface area contributed by atoms with Crippen LogP contribution in [0.3, 0.4) is 0 Å². The van der Waals surface area contributed by atoms with Crippen molar-refractivity contribution in [3.63, 3.8) is 0 Å². The zero-order chi connectivity index (χ0) is 20.3. The molecule has 0 aliphatic rings. The number of fused-ring (bicyclic) bond motifs is 1. The van der Waals surface area contributed by atoms with Gasteiger partial charge in [-0.05, 0) is 61.2 Å². The second-order valence-electron chi connectivity index (χ2n) is 7.00. The molecule has 0 spiro atoms. The minimum absolute atomic E-state index is 0.0990. The van der Waals surface area contributed by atoms with Crippen LogP contribution < -0.4 is 10.1 Å². The quantitative estimate of drug-likeness (QED) is 0.478. The maximum atomic E-state index is 12.5. The summed E-state index contributed by atoms with van der Waals surface area (Å²) in [5.41, 5.74) is 2.53. The number of hydrogen-bond acceptors (Lipinski definition) is 4. The number of amides is 1. The second-order valence-corrected chi connectivity index (χ2v) is 7.00. The van der Waals surface area contributed by atoms with Gasteiger partial charge in [0.05, 0.1) is 12.1 Å². The first-order chi connectivity index (χ1) is 14.3. The third kappa shape index (κ3) is 6.57. The molecule has 0 atom stereocenters. The van der Waals surface area contributed by atoms with Gasteiger partial charge in [-0.15, -0.1) is 0 Å². The second kappa shape index (κ2) is 11.2. The van der Waals surface area contributed by atoms with Gasteiger partial charge < -0.3 is 14.8 Å². The Hall–Kier alpha value is -2.92. The molecule has 0 saturated heterocycles. The number of hydrogen-bond donors (Lipinski definition) is 1. The molecule has 1 N–H and O–H groups in total. The number of carbonyl (C=O) groups is 1. The molecule has 1 heterocycles. The number of nitrogens with zero attached hydrogens (tertiary/aromatic N) is 1. The van der Waals surface area contributed by atoms with Crippen molar-refractivity contribution >= 4 is 16.8 Å². The van der Waals surface area contributed by atoms with Gasteiger partial charge in [0.1, 0.15) is 5.75 Å². The number of unbranched alkanes of at least 4 members (excludes halogenated alkanes) is 3. The molecule has 0 fully saturated rings. The van der Waals surface area contributed by atoms with Gasteiger partial charge in [0, 0.05) is 37.4 Å². The average Bonchev–Trinajstić information content (AvgIpc) is 2.77. The summed E-state index contributed by atoms with van der Waals surface area (Å²) in [5, 5.41) is 3.93. The van der Waals surface area contributed by atoms with Crippen LogP contribution in [0.2, 0.25) is 0 Å². The van der Waals surface area contributed by atoms with E-state index in [1.165, 1.54) is 0 Å². The molecule has 3 aromatic rings.